The molecule has 0 aromatic carbocycles. The molecule has 1 rings (SSSR count). The minimum Gasteiger partial charge on any atom is -0.464 e. The highest BCUT2D eigenvalue weighted by atomic mass is 127. The lowest BCUT2D eigenvalue weighted by molar-refractivity contribution is -0.276. The molecular weight excluding hydrogens is 354 g/mol. The van der Waals surface area contributed by atoms with Crippen LogP contribution in [-0.2, 0) is 4.74 Å². The molecule has 0 saturated heterocycles. The number of methoxy groups -OCH3 is 1. The number of aromatic nitrogens is 1. The largest absolute Gasteiger partial charge is 0.574 e. The minimum absolute atomic E-state index is 0.196. The Morgan fingerprint density at radius 2 is 2.06 bits per heavy atom. The number of ether oxygens (including phenoxy) is 2. The second kappa shape index (κ2) is 5.07. The second-order valence-corrected chi connectivity index (χ2v) is 4.12. The van der Waals surface area contributed by atoms with Crippen LogP contribution >= 0.6 is 22.6 Å². The number of hydrogen-bond donors (Lipinski definition) is 0. The average molecular weight is 361 g/mol. The van der Waals surface area contributed by atoms with E-state index in [0.29, 0.717) is 9.13 Å². The van der Waals surface area contributed by atoms with Crippen LogP contribution in [0.4, 0.5) is 13.2 Å². The highest BCUT2D eigenvalue weighted by molar-refractivity contribution is 14.1. The third-order valence-electron chi connectivity index (χ3n) is 1.78. The van der Waals surface area contributed by atoms with Crippen molar-refractivity contribution in [1.82, 2.24) is 4.98 Å². The lowest BCUT2D eigenvalue weighted by Gasteiger charge is -2.11. The SMILES string of the molecule is COC(=O)c1nc(OC(F)(F)F)cc(I)c1C. The van der Waals surface area contributed by atoms with Crippen molar-refractivity contribution in [3.05, 3.63) is 20.9 Å². The van der Waals surface area contributed by atoms with Gasteiger partial charge in [-0.2, -0.15) is 0 Å². The molecule has 0 N–H and O–H groups in total. The fourth-order valence-electron chi connectivity index (χ4n) is 1.02. The molecule has 8 heteroatoms. The van der Waals surface area contributed by atoms with Gasteiger partial charge in [-0.05, 0) is 35.1 Å². The zero-order valence-electron chi connectivity index (χ0n) is 8.76. The summed E-state index contributed by atoms with van der Waals surface area (Å²) in [5.74, 6) is -1.50. The fraction of sp³-hybridized carbons (Fsp3) is 0.333. The molecule has 1 heterocycles. The molecule has 0 aliphatic rings. The summed E-state index contributed by atoms with van der Waals surface area (Å²) < 4.78 is 44.5. The van der Waals surface area contributed by atoms with Gasteiger partial charge in [-0.3, -0.25) is 0 Å². The second-order valence-electron chi connectivity index (χ2n) is 2.96. The van der Waals surface area contributed by atoms with Gasteiger partial charge in [0, 0.05) is 9.64 Å². The Balaban J connectivity index is 3.19. The van der Waals surface area contributed by atoms with Crippen LogP contribution in [0.1, 0.15) is 16.1 Å². The Bertz CT molecular complexity index is 448. The smallest absolute Gasteiger partial charge is 0.464 e. The zero-order valence-corrected chi connectivity index (χ0v) is 10.9. The summed E-state index contributed by atoms with van der Waals surface area (Å²) >= 11 is 1.78. The van der Waals surface area contributed by atoms with E-state index in [1.54, 1.807) is 29.5 Å². The molecule has 0 amide bonds. The van der Waals surface area contributed by atoms with Crippen LogP contribution in [0, 0.1) is 10.5 Å². The first-order valence-corrected chi connectivity index (χ1v) is 5.33. The van der Waals surface area contributed by atoms with Crippen LogP contribution in [0.3, 0.4) is 0 Å². The van der Waals surface area contributed by atoms with Crippen LogP contribution in [0.5, 0.6) is 5.88 Å². The Kier molecular flexibility index (Phi) is 4.17. The molecule has 0 fully saturated rings. The predicted molar refractivity (Wildman–Crippen MR) is 59.7 cm³/mol. The number of carbonyl (C=O) groups is 1. The van der Waals surface area contributed by atoms with Gasteiger partial charge in [-0.25, -0.2) is 9.78 Å². The third-order valence-corrected chi connectivity index (χ3v) is 2.91. The van der Waals surface area contributed by atoms with Gasteiger partial charge in [-0.1, -0.05) is 0 Å². The summed E-state index contributed by atoms with van der Waals surface area (Å²) in [7, 11) is 1.12. The lowest BCUT2D eigenvalue weighted by atomic mass is 10.2. The van der Waals surface area contributed by atoms with E-state index < -0.39 is 18.2 Å². The van der Waals surface area contributed by atoms with E-state index in [9.17, 15) is 18.0 Å². The van der Waals surface area contributed by atoms with Gasteiger partial charge in [0.25, 0.3) is 0 Å². The van der Waals surface area contributed by atoms with Gasteiger partial charge in [0.1, 0.15) is 0 Å². The Hall–Kier alpha value is -1.06. The number of halogens is 4. The maximum absolute atomic E-state index is 12.0. The highest BCUT2D eigenvalue weighted by Crippen LogP contribution is 2.25. The van der Waals surface area contributed by atoms with E-state index in [4.69, 9.17) is 0 Å². The number of carbonyl (C=O) groups excluding carboxylic acids is 1. The average Bonchev–Trinajstić information content (AvgIpc) is 2.19. The lowest BCUT2D eigenvalue weighted by Crippen LogP contribution is -2.19. The van der Waals surface area contributed by atoms with Gasteiger partial charge in [-0.15, -0.1) is 13.2 Å². The summed E-state index contributed by atoms with van der Waals surface area (Å²) in [6, 6.07) is 1.09. The molecule has 0 aliphatic heterocycles. The first-order chi connectivity index (χ1) is 7.74. The zero-order chi connectivity index (χ0) is 13.2. The minimum atomic E-state index is -4.85. The van der Waals surface area contributed by atoms with Crippen molar-refractivity contribution in [2.24, 2.45) is 0 Å². The summed E-state index contributed by atoms with van der Waals surface area (Å²) in [6.45, 7) is 1.55. The van der Waals surface area contributed by atoms with Gasteiger partial charge < -0.3 is 9.47 Å². The molecule has 0 bridgehead atoms. The van der Waals surface area contributed by atoms with Crippen molar-refractivity contribution in [1.29, 1.82) is 0 Å². The van der Waals surface area contributed by atoms with Crippen LogP contribution < -0.4 is 4.74 Å². The number of hydrogen-bond acceptors (Lipinski definition) is 4. The molecule has 94 valence electrons. The maximum atomic E-state index is 12.0. The third kappa shape index (κ3) is 3.72. The highest BCUT2D eigenvalue weighted by Gasteiger charge is 2.32. The summed E-state index contributed by atoms with van der Waals surface area (Å²) in [4.78, 5) is 14.7. The van der Waals surface area contributed by atoms with Gasteiger partial charge in [0.05, 0.1) is 7.11 Å². The van der Waals surface area contributed by atoms with E-state index in [1.165, 1.54) is 0 Å². The van der Waals surface area contributed by atoms with Crippen LogP contribution in [0.25, 0.3) is 0 Å². The topological polar surface area (TPSA) is 48.4 Å². The monoisotopic (exact) mass is 361 g/mol. The maximum Gasteiger partial charge on any atom is 0.574 e. The van der Waals surface area contributed by atoms with Crippen LogP contribution in [0.2, 0.25) is 0 Å². The Morgan fingerprint density at radius 3 is 2.53 bits per heavy atom. The molecule has 4 nitrogen and oxygen atoms in total. The van der Waals surface area contributed by atoms with Crippen LogP contribution in [0.15, 0.2) is 6.07 Å². The summed E-state index contributed by atoms with van der Waals surface area (Å²) in [6.07, 6.45) is -4.85. The molecule has 0 saturated carbocycles. The normalized spacial score (nSPS) is 11.2. The van der Waals surface area contributed by atoms with E-state index in [0.717, 1.165) is 13.2 Å². The van der Waals surface area contributed by atoms with Crippen molar-refractivity contribution >= 4 is 28.6 Å². The van der Waals surface area contributed by atoms with Gasteiger partial charge in [0.2, 0.25) is 5.88 Å². The van der Waals surface area contributed by atoms with Crippen molar-refractivity contribution in [3.8, 4) is 5.88 Å². The van der Waals surface area contributed by atoms with Crippen molar-refractivity contribution < 1.29 is 27.4 Å². The predicted octanol–water partition coefficient (Wildman–Crippen LogP) is 2.68. The molecule has 1 aromatic rings. The molecule has 1 aromatic heterocycles. The Labute approximate surface area is 108 Å². The standard InChI is InChI=1S/C9H7F3INO3/c1-4-5(13)3-6(17-9(10,11)12)14-7(4)8(15)16-2/h3H,1-2H3. The summed E-state index contributed by atoms with van der Waals surface area (Å²) in [5, 5.41) is 0. The van der Waals surface area contributed by atoms with Crippen molar-refractivity contribution in [2.45, 2.75) is 13.3 Å². The Morgan fingerprint density at radius 1 is 1.47 bits per heavy atom. The van der Waals surface area contributed by atoms with E-state index in [1.807, 2.05) is 0 Å². The number of nitrogens with zero attached hydrogens (tertiary/aromatic N) is 1. The van der Waals surface area contributed by atoms with Crippen molar-refractivity contribution in [3.63, 3.8) is 0 Å². The quantitative estimate of drug-likeness (QED) is 0.601. The molecule has 0 unspecified atom stereocenters. The van der Waals surface area contributed by atoms with E-state index in [2.05, 4.69) is 14.5 Å². The number of esters is 1. The fourth-order valence-corrected chi connectivity index (χ4v) is 1.54. The number of rotatable bonds is 2. The molecule has 0 radical (unpaired) electrons. The molecule has 17 heavy (non-hydrogen) atoms. The molecule has 0 aliphatic carbocycles. The first kappa shape index (κ1) is 14.0. The summed E-state index contributed by atoms with van der Waals surface area (Å²) in [5.41, 5.74) is 0.241. The van der Waals surface area contributed by atoms with E-state index in [-0.39, 0.29) is 5.69 Å². The number of alkyl halides is 3. The molecular formula is C9H7F3INO3. The molecule has 0 spiro atoms. The molecule has 0 atom stereocenters. The van der Waals surface area contributed by atoms with Crippen molar-refractivity contribution in [2.75, 3.05) is 7.11 Å². The van der Waals surface area contributed by atoms with Crippen LogP contribution in [-0.4, -0.2) is 24.4 Å². The van der Waals surface area contributed by atoms with Gasteiger partial charge >= 0.3 is 12.3 Å². The van der Waals surface area contributed by atoms with E-state index >= 15 is 0 Å². The van der Waals surface area contributed by atoms with Gasteiger partial charge in [0.15, 0.2) is 5.69 Å². The number of pyridine rings is 1. The first-order valence-electron chi connectivity index (χ1n) is 4.26.